The maximum atomic E-state index is 12.2. The zero-order valence-corrected chi connectivity index (χ0v) is 24.9. The van der Waals surface area contributed by atoms with Gasteiger partial charge in [0.1, 0.15) is 11.5 Å². The van der Waals surface area contributed by atoms with E-state index >= 15 is 0 Å². The molecule has 0 spiro atoms. The molecule has 0 bridgehead atoms. The Morgan fingerprint density at radius 2 is 1.85 bits per heavy atom. The summed E-state index contributed by atoms with van der Waals surface area (Å²) in [6.07, 6.45) is 2.25. The molecule has 0 saturated heterocycles. The number of nitrogens with zero attached hydrogens (tertiary/aromatic N) is 3. The van der Waals surface area contributed by atoms with E-state index in [1.165, 1.54) is 20.3 Å². The van der Waals surface area contributed by atoms with Gasteiger partial charge in [-0.05, 0) is 51.2 Å². The number of likely N-dealkylation sites (N-methyl/N-ethyl adjacent to an activating group) is 2. The number of methoxy groups -OCH3 is 2. The molecule has 1 atom stereocenters. The lowest BCUT2D eigenvalue weighted by atomic mass is 9.77. The third-order valence-electron chi connectivity index (χ3n) is 7.27. The number of aliphatic hydroxyl groups is 1. The van der Waals surface area contributed by atoms with Gasteiger partial charge in [-0.3, -0.25) is 9.89 Å². The number of H-pyrrole nitrogens is 1. The Morgan fingerprint density at radius 3 is 2.45 bits per heavy atom. The number of aromatic nitrogens is 2. The van der Waals surface area contributed by atoms with E-state index < -0.39 is 5.60 Å². The zero-order chi connectivity index (χ0) is 29.2. The lowest BCUT2D eigenvalue weighted by molar-refractivity contribution is -0.111. The van der Waals surface area contributed by atoms with Gasteiger partial charge >= 0.3 is 0 Å². The highest BCUT2D eigenvalue weighted by atomic mass is 35.5. The standard InChI is InChI=1S/C29H35Cl2N5O4/c1-7-24(37)32-20-9-8-17(36(4)13-12-35(2)3)14-19(20)28-18-10-11-29(38,16-21(18)33-34-28)25-26(30)22(39-5)15-23(40-6)27(25)31/h7-9,14-15,38H,1,10-13,16H2,2-6H3,(H,32,37)(H,33,34)/t29-/m0/s1. The summed E-state index contributed by atoms with van der Waals surface area (Å²) in [5, 5.41) is 23.0. The normalized spacial score (nSPS) is 16.4. The van der Waals surface area contributed by atoms with E-state index in [2.05, 4.69) is 31.9 Å². The van der Waals surface area contributed by atoms with E-state index in [-0.39, 0.29) is 22.4 Å². The van der Waals surface area contributed by atoms with Gasteiger partial charge in [0.25, 0.3) is 0 Å². The van der Waals surface area contributed by atoms with Gasteiger partial charge in [-0.1, -0.05) is 29.8 Å². The summed E-state index contributed by atoms with van der Waals surface area (Å²) in [6, 6.07) is 7.46. The lowest BCUT2D eigenvalue weighted by Gasteiger charge is -2.34. The number of rotatable bonds is 10. The smallest absolute Gasteiger partial charge is 0.247 e. The van der Waals surface area contributed by atoms with Crippen molar-refractivity contribution in [2.45, 2.75) is 24.9 Å². The Labute approximate surface area is 244 Å². The number of carbonyl (C=O) groups excluding carboxylic acids is 1. The molecule has 0 aliphatic heterocycles. The molecule has 0 fully saturated rings. The molecule has 1 aromatic heterocycles. The van der Waals surface area contributed by atoms with E-state index in [1.54, 1.807) is 6.07 Å². The van der Waals surface area contributed by atoms with Crippen molar-refractivity contribution in [3.8, 4) is 22.8 Å². The Kier molecular flexibility index (Phi) is 8.99. The van der Waals surface area contributed by atoms with E-state index in [0.29, 0.717) is 41.3 Å². The predicted octanol–water partition coefficient (Wildman–Crippen LogP) is 4.90. The number of carbonyl (C=O) groups is 1. The highest BCUT2D eigenvalue weighted by Gasteiger charge is 2.41. The monoisotopic (exact) mass is 587 g/mol. The number of aromatic amines is 1. The highest BCUT2D eigenvalue weighted by molar-refractivity contribution is 6.38. The second-order valence-corrected chi connectivity index (χ2v) is 10.9. The molecular formula is C29H35Cl2N5O4. The number of amides is 1. The number of nitrogens with one attached hydrogen (secondary N) is 2. The molecular weight excluding hydrogens is 553 g/mol. The van der Waals surface area contributed by atoms with Crippen LogP contribution >= 0.6 is 23.2 Å². The first-order valence-corrected chi connectivity index (χ1v) is 13.6. The van der Waals surface area contributed by atoms with Gasteiger partial charge in [0, 0.05) is 60.7 Å². The van der Waals surface area contributed by atoms with Crippen LogP contribution in [-0.4, -0.2) is 74.6 Å². The summed E-state index contributed by atoms with van der Waals surface area (Å²) in [7, 11) is 9.09. The van der Waals surface area contributed by atoms with E-state index in [1.807, 2.05) is 39.3 Å². The van der Waals surface area contributed by atoms with Gasteiger partial charge < -0.3 is 29.7 Å². The van der Waals surface area contributed by atoms with Crippen molar-refractivity contribution in [3.05, 3.63) is 63.8 Å². The quantitative estimate of drug-likeness (QED) is 0.290. The summed E-state index contributed by atoms with van der Waals surface area (Å²) < 4.78 is 10.8. The van der Waals surface area contributed by atoms with Crippen LogP contribution in [-0.2, 0) is 23.2 Å². The van der Waals surface area contributed by atoms with Crippen molar-refractivity contribution < 1.29 is 19.4 Å². The maximum Gasteiger partial charge on any atom is 0.247 e. The summed E-state index contributed by atoms with van der Waals surface area (Å²) in [5.74, 6) is 0.408. The molecule has 9 nitrogen and oxygen atoms in total. The highest BCUT2D eigenvalue weighted by Crippen LogP contribution is 2.50. The van der Waals surface area contributed by atoms with Crippen LogP contribution in [0.3, 0.4) is 0 Å². The molecule has 0 saturated carbocycles. The second-order valence-electron chi connectivity index (χ2n) is 10.2. The first-order chi connectivity index (χ1) is 19.0. The van der Waals surface area contributed by atoms with Crippen LogP contribution in [0.15, 0.2) is 36.9 Å². The van der Waals surface area contributed by atoms with E-state index in [4.69, 9.17) is 32.7 Å². The molecule has 1 heterocycles. The Balaban J connectivity index is 1.76. The van der Waals surface area contributed by atoms with Crippen LogP contribution < -0.4 is 19.7 Å². The Morgan fingerprint density at radius 1 is 1.18 bits per heavy atom. The van der Waals surface area contributed by atoms with Gasteiger partial charge in [0.05, 0.1) is 41.2 Å². The molecule has 1 aliphatic carbocycles. The van der Waals surface area contributed by atoms with Gasteiger partial charge in [-0.15, -0.1) is 0 Å². The first-order valence-electron chi connectivity index (χ1n) is 12.9. The molecule has 4 rings (SSSR count). The van der Waals surface area contributed by atoms with Crippen LogP contribution in [0.4, 0.5) is 11.4 Å². The number of halogens is 2. The summed E-state index contributed by atoms with van der Waals surface area (Å²) in [4.78, 5) is 16.5. The van der Waals surface area contributed by atoms with Gasteiger partial charge in [-0.2, -0.15) is 5.10 Å². The van der Waals surface area contributed by atoms with Gasteiger partial charge in [0.15, 0.2) is 0 Å². The summed E-state index contributed by atoms with van der Waals surface area (Å²) >= 11 is 13.3. The molecule has 40 heavy (non-hydrogen) atoms. The summed E-state index contributed by atoms with van der Waals surface area (Å²) in [5.41, 5.74) is 3.76. The number of anilines is 2. The molecule has 1 aliphatic rings. The molecule has 0 unspecified atom stereocenters. The van der Waals surface area contributed by atoms with Crippen molar-refractivity contribution in [1.82, 2.24) is 15.1 Å². The average Bonchev–Trinajstić information content (AvgIpc) is 3.34. The van der Waals surface area contributed by atoms with Crippen LogP contribution in [0, 0.1) is 0 Å². The fraction of sp³-hybridized carbons (Fsp3) is 0.379. The van der Waals surface area contributed by atoms with Crippen LogP contribution in [0.1, 0.15) is 23.2 Å². The number of hydrogen-bond acceptors (Lipinski definition) is 7. The van der Waals surface area contributed by atoms with Crippen molar-refractivity contribution in [3.63, 3.8) is 0 Å². The van der Waals surface area contributed by atoms with Crippen molar-refractivity contribution >= 4 is 40.5 Å². The Bertz CT molecular complexity index is 1400. The maximum absolute atomic E-state index is 12.2. The second kappa shape index (κ2) is 12.1. The minimum atomic E-state index is -1.39. The van der Waals surface area contributed by atoms with Gasteiger partial charge in [0.2, 0.25) is 5.91 Å². The molecule has 1 amide bonds. The minimum absolute atomic E-state index is 0.196. The topological polar surface area (TPSA) is 103 Å². The molecule has 0 radical (unpaired) electrons. The van der Waals surface area contributed by atoms with Gasteiger partial charge in [-0.25, -0.2) is 0 Å². The number of hydrogen-bond donors (Lipinski definition) is 3. The predicted molar refractivity (Wildman–Crippen MR) is 160 cm³/mol. The first kappa shape index (κ1) is 29.7. The van der Waals surface area contributed by atoms with Crippen molar-refractivity contribution in [2.75, 3.05) is 58.7 Å². The summed E-state index contributed by atoms with van der Waals surface area (Å²) in [6.45, 7) is 5.28. The van der Waals surface area contributed by atoms with E-state index in [9.17, 15) is 9.90 Å². The molecule has 3 N–H and O–H groups in total. The fourth-order valence-corrected chi connectivity index (χ4v) is 5.85. The SMILES string of the molecule is C=CC(=O)Nc1ccc(N(C)CCN(C)C)cc1-c1n[nH]c2c1CC[C@@](O)(c1c(Cl)c(OC)cc(OC)c1Cl)C2. The number of fused-ring (bicyclic) bond motifs is 1. The lowest BCUT2D eigenvalue weighted by Crippen LogP contribution is -2.34. The molecule has 214 valence electrons. The largest absolute Gasteiger partial charge is 0.495 e. The van der Waals surface area contributed by atoms with E-state index in [0.717, 1.165) is 35.6 Å². The Hall–Kier alpha value is -3.24. The van der Waals surface area contributed by atoms with Crippen molar-refractivity contribution in [1.29, 1.82) is 0 Å². The van der Waals surface area contributed by atoms with Crippen molar-refractivity contribution in [2.24, 2.45) is 0 Å². The number of ether oxygens (including phenoxy) is 2. The number of benzene rings is 2. The fourth-order valence-electron chi connectivity index (χ4n) is 5.00. The zero-order valence-electron chi connectivity index (χ0n) is 23.4. The molecule has 2 aromatic carbocycles. The van der Waals surface area contributed by atoms with Crippen LogP contribution in [0.5, 0.6) is 11.5 Å². The molecule has 3 aromatic rings. The minimum Gasteiger partial charge on any atom is -0.495 e. The third-order valence-corrected chi connectivity index (χ3v) is 8.03. The average molecular weight is 589 g/mol. The van der Waals surface area contributed by atoms with Crippen LogP contribution in [0.25, 0.3) is 11.3 Å². The molecule has 11 heteroatoms. The van der Waals surface area contributed by atoms with Crippen LogP contribution in [0.2, 0.25) is 10.0 Å². The third kappa shape index (κ3) is 5.78.